The van der Waals surface area contributed by atoms with Crippen LogP contribution < -0.4 is 0 Å². The van der Waals surface area contributed by atoms with Crippen molar-refractivity contribution in [1.29, 1.82) is 0 Å². The molecule has 1 aliphatic heterocycles. The Kier molecular flexibility index (Phi) is 4.85. The summed E-state index contributed by atoms with van der Waals surface area (Å²) in [6, 6.07) is -0.912. The third-order valence-electron chi connectivity index (χ3n) is 4.36. The largest absolute Gasteiger partial charge is 0.480 e. The van der Waals surface area contributed by atoms with Gasteiger partial charge in [-0.1, -0.05) is 19.3 Å². The highest BCUT2D eigenvalue weighted by atomic mass is 32.3. The second-order valence-electron chi connectivity index (χ2n) is 6.00. The number of amides is 1. The van der Waals surface area contributed by atoms with Gasteiger partial charge in [-0.25, -0.2) is 4.79 Å². The molecule has 0 bridgehead atoms. The summed E-state index contributed by atoms with van der Waals surface area (Å²) in [6.45, 7) is 0.00937. The maximum atomic E-state index is 12.7. The molecule has 1 aliphatic carbocycles. The summed E-state index contributed by atoms with van der Waals surface area (Å²) in [7, 11) is -4.65. The molecular weight excluding hydrogens is 301 g/mol. The zero-order valence-electron chi connectivity index (χ0n) is 11.7. The first-order valence-electron chi connectivity index (χ1n) is 7.22. The average Bonchev–Trinajstić information content (AvgIpc) is 2.69. The number of carbonyl (C=O) groups is 2. The number of hydrogen-bond donors (Lipinski definition) is 1. The van der Waals surface area contributed by atoms with Crippen molar-refractivity contribution < 1.29 is 27.0 Å². The number of aliphatic carboxylic acids is 1. The Balaban J connectivity index is 2.10. The van der Waals surface area contributed by atoms with Gasteiger partial charge in [0.25, 0.3) is 0 Å². The van der Waals surface area contributed by atoms with E-state index in [-0.39, 0.29) is 24.8 Å². The molecule has 1 saturated carbocycles. The standard InChI is InChI=1S/C13H20FNO5S/c14-21(19,20)8-9-6-11(16)15(7-9)12(13(17)18)10-4-2-1-3-5-10/h9-10,12H,1-8H2,(H,17,18). The minimum Gasteiger partial charge on any atom is -0.480 e. The maximum absolute atomic E-state index is 12.7. The van der Waals surface area contributed by atoms with E-state index in [1.807, 2.05) is 0 Å². The van der Waals surface area contributed by atoms with Crippen LogP contribution >= 0.6 is 0 Å². The Morgan fingerprint density at radius 1 is 1.33 bits per heavy atom. The van der Waals surface area contributed by atoms with Crippen molar-refractivity contribution in [2.24, 2.45) is 11.8 Å². The normalized spacial score (nSPS) is 26.0. The molecule has 1 heterocycles. The number of rotatable bonds is 5. The van der Waals surface area contributed by atoms with E-state index in [0.717, 1.165) is 32.1 Å². The molecule has 1 amide bonds. The van der Waals surface area contributed by atoms with Crippen molar-refractivity contribution in [3.8, 4) is 0 Å². The van der Waals surface area contributed by atoms with Gasteiger partial charge >= 0.3 is 16.2 Å². The summed E-state index contributed by atoms with van der Waals surface area (Å²) < 4.78 is 34.1. The van der Waals surface area contributed by atoms with E-state index in [1.54, 1.807) is 0 Å². The highest BCUT2D eigenvalue weighted by molar-refractivity contribution is 7.86. The molecular formula is C13H20FNO5S. The fraction of sp³-hybridized carbons (Fsp3) is 0.846. The average molecular weight is 321 g/mol. The molecule has 0 aromatic carbocycles. The van der Waals surface area contributed by atoms with Crippen LogP contribution in [0.5, 0.6) is 0 Å². The lowest BCUT2D eigenvalue weighted by Crippen LogP contribution is -2.47. The molecule has 2 unspecified atom stereocenters. The predicted octanol–water partition coefficient (Wildman–Crippen LogP) is 1.17. The van der Waals surface area contributed by atoms with E-state index >= 15 is 0 Å². The molecule has 0 radical (unpaired) electrons. The maximum Gasteiger partial charge on any atom is 0.326 e. The van der Waals surface area contributed by atoms with Gasteiger partial charge in [-0.05, 0) is 18.8 Å². The first-order chi connectivity index (χ1) is 9.78. The van der Waals surface area contributed by atoms with Crippen molar-refractivity contribution in [3.63, 3.8) is 0 Å². The Labute approximate surface area is 123 Å². The van der Waals surface area contributed by atoms with Gasteiger partial charge in [-0.15, -0.1) is 3.89 Å². The van der Waals surface area contributed by atoms with Crippen LogP contribution in [0.2, 0.25) is 0 Å². The van der Waals surface area contributed by atoms with Gasteiger partial charge in [0.2, 0.25) is 5.91 Å². The Morgan fingerprint density at radius 3 is 2.48 bits per heavy atom. The van der Waals surface area contributed by atoms with Crippen molar-refractivity contribution in [3.05, 3.63) is 0 Å². The van der Waals surface area contributed by atoms with Crippen LogP contribution in [0.3, 0.4) is 0 Å². The lowest BCUT2D eigenvalue weighted by atomic mass is 9.83. The first kappa shape index (κ1) is 16.2. The van der Waals surface area contributed by atoms with Crippen molar-refractivity contribution in [1.82, 2.24) is 4.90 Å². The first-order valence-corrected chi connectivity index (χ1v) is 8.78. The van der Waals surface area contributed by atoms with Gasteiger partial charge < -0.3 is 10.0 Å². The number of carboxylic acid groups (broad SMARTS) is 1. The molecule has 1 N–H and O–H groups in total. The summed E-state index contributed by atoms with van der Waals surface area (Å²) >= 11 is 0. The second kappa shape index (κ2) is 6.29. The molecule has 8 heteroatoms. The molecule has 120 valence electrons. The van der Waals surface area contributed by atoms with Crippen LogP contribution in [-0.4, -0.2) is 48.6 Å². The molecule has 21 heavy (non-hydrogen) atoms. The van der Waals surface area contributed by atoms with Crippen LogP contribution in [0.4, 0.5) is 3.89 Å². The van der Waals surface area contributed by atoms with E-state index in [9.17, 15) is 27.0 Å². The van der Waals surface area contributed by atoms with Crippen LogP contribution in [-0.2, 0) is 19.8 Å². The number of likely N-dealkylation sites (tertiary alicyclic amines) is 1. The molecule has 2 fully saturated rings. The van der Waals surface area contributed by atoms with Crippen molar-refractivity contribution in [2.75, 3.05) is 12.3 Å². The third kappa shape index (κ3) is 4.15. The Morgan fingerprint density at radius 2 is 1.95 bits per heavy atom. The highest BCUT2D eigenvalue weighted by Crippen LogP contribution is 2.32. The van der Waals surface area contributed by atoms with Gasteiger partial charge in [0.1, 0.15) is 6.04 Å². The minimum atomic E-state index is -4.65. The second-order valence-corrected chi connectivity index (χ2v) is 7.41. The summed E-state index contributed by atoms with van der Waals surface area (Å²) in [5.74, 6) is -2.91. The summed E-state index contributed by atoms with van der Waals surface area (Å²) in [6.07, 6.45) is 4.37. The lowest BCUT2D eigenvalue weighted by Gasteiger charge is -2.33. The zero-order valence-corrected chi connectivity index (χ0v) is 12.5. The van der Waals surface area contributed by atoms with Gasteiger partial charge in [-0.2, -0.15) is 8.42 Å². The zero-order chi connectivity index (χ0) is 15.6. The monoisotopic (exact) mass is 321 g/mol. The predicted molar refractivity (Wildman–Crippen MR) is 72.7 cm³/mol. The molecule has 6 nitrogen and oxygen atoms in total. The van der Waals surface area contributed by atoms with Crippen LogP contribution in [0, 0.1) is 11.8 Å². The lowest BCUT2D eigenvalue weighted by molar-refractivity contribution is -0.151. The molecule has 1 saturated heterocycles. The smallest absolute Gasteiger partial charge is 0.326 e. The van der Waals surface area contributed by atoms with Gasteiger partial charge in [-0.3, -0.25) is 4.79 Å². The van der Waals surface area contributed by atoms with Gasteiger partial charge in [0.05, 0.1) is 5.75 Å². The van der Waals surface area contributed by atoms with E-state index in [4.69, 9.17) is 0 Å². The van der Waals surface area contributed by atoms with E-state index in [1.165, 1.54) is 4.90 Å². The Hall–Kier alpha value is -1.18. The molecule has 2 aliphatic rings. The summed E-state index contributed by atoms with van der Waals surface area (Å²) in [4.78, 5) is 24.8. The molecule has 2 rings (SSSR count). The number of carbonyl (C=O) groups excluding carboxylic acids is 1. The van der Waals surface area contributed by atoms with E-state index in [2.05, 4.69) is 0 Å². The SMILES string of the molecule is O=C(O)C(C1CCCCC1)N1CC(CS(=O)(=O)F)CC1=O. The highest BCUT2D eigenvalue weighted by Gasteiger charge is 2.42. The quantitative estimate of drug-likeness (QED) is 0.767. The van der Waals surface area contributed by atoms with Crippen LogP contribution in [0.25, 0.3) is 0 Å². The van der Waals surface area contributed by atoms with Crippen molar-refractivity contribution >= 4 is 22.1 Å². The van der Waals surface area contributed by atoms with Crippen molar-refractivity contribution in [2.45, 2.75) is 44.6 Å². The molecule has 0 aromatic heterocycles. The van der Waals surface area contributed by atoms with Crippen LogP contribution in [0.15, 0.2) is 0 Å². The van der Waals surface area contributed by atoms with Crippen LogP contribution in [0.1, 0.15) is 38.5 Å². The van der Waals surface area contributed by atoms with Gasteiger partial charge in [0.15, 0.2) is 0 Å². The molecule has 0 aromatic rings. The third-order valence-corrected chi connectivity index (χ3v) is 5.23. The number of hydrogen-bond acceptors (Lipinski definition) is 4. The van der Waals surface area contributed by atoms with E-state index < -0.39 is 33.9 Å². The topological polar surface area (TPSA) is 91.8 Å². The fourth-order valence-corrected chi connectivity index (χ4v) is 4.30. The Bertz CT molecular complexity index is 515. The number of nitrogens with zero attached hydrogens (tertiary/aromatic N) is 1. The molecule has 0 spiro atoms. The molecule has 2 atom stereocenters. The van der Waals surface area contributed by atoms with E-state index in [0.29, 0.717) is 0 Å². The summed E-state index contributed by atoms with van der Waals surface area (Å²) in [5.41, 5.74) is 0. The minimum absolute atomic E-state index is 0.00937. The fourth-order valence-electron chi connectivity index (χ4n) is 3.51. The number of halogens is 1. The van der Waals surface area contributed by atoms with Gasteiger partial charge in [0, 0.05) is 18.9 Å². The number of carboxylic acids is 1. The summed E-state index contributed by atoms with van der Waals surface area (Å²) in [5, 5.41) is 9.44.